The van der Waals surface area contributed by atoms with Gasteiger partial charge >= 0.3 is 0 Å². The minimum atomic E-state index is 0.595. The van der Waals surface area contributed by atoms with E-state index < -0.39 is 0 Å². The maximum atomic E-state index is 5.17. The molecule has 44 valence electrons. The average Bonchev–Trinajstić information content (AvgIpc) is 1.61. The van der Waals surface area contributed by atoms with Gasteiger partial charge in [-0.15, -0.1) is 0 Å². The quantitative estimate of drug-likeness (QED) is 0.498. The van der Waals surface area contributed by atoms with Crippen molar-refractivity contribution in [2.75, 3.05) is 13.2 Å². The third kappa shape index (κ3) is 5.92. The number of hydrogen-bond acceptors (Lipinski definition) is 2. The van der Waals surface area contributed by atoms with Crippen LogP contribution in [0.5, 0.6) is 0 Å². The molecule has 0 unspecified atom stereocenters. The molecule has 0 radical (unpaired) electrons. The third-order valence-corrected chi connectivity index (χ3v) is 0.697. The van der Waals surface area contributed by atoms with Gasteiger partial charge in [0, 0.05) is 6.67 Å². The van der Waals surface area contributed by atoms with Crippen LogP contribution in [-0.4, -0.2) is 13.2 Å². The van der Waals surface area contributed by atoms with E-state index in [1.165, 1.54) is 0 Å². The van der Waals surface area contributed by atoms with Gasteiger partial charge < -0.3 is 11.1 Å². The summed E-state index contributed by atoms with van der Waals surface area (Å²) in [6.45, 7) is 5.93. The molecule has 0 fully saturated rings. The van der Waals surface area contributed by atoms with Crippen LogP contribution in [0, 0.1) is 5.92 Å². The summed E-state index contributed by atoms with van der Waals surface area (Å²) in [5, 5.41) is 3.03. The first-order valence-electron chi connectivity index (χ1n) is 2.68. The van der Waals surface area contributed by atoms with Crippen LogP contribution >= 0.6 is 0 Å². The van der Waals surface area contributed by atoms with Gasteiger partial charge in [0.25, 0.3) is 0 Å². The Bertz CT molecular complexity index is 35.1. The lowest BCUT2D eigenvalue weighted by Gasteiger charge is -2.01. The van der Waals surface area contributed by atoms with Crippen LogP contribution in [0.25, 0.3) is 0 Å². The van der Waals surface area contributed by atoms with Crippen LogP contribution in [0.15, 0.2) is 0 Å². The van der Waals surface area contributed by atoms with Crippen molar-refractivity contribution < 1.29 is 0 Å². The van der Waals surface area contributed by atoms with Crippen molar-refractivity contribution in [2.24, 2.45) is 11.7 Å². The highest BCUT2D eigenvalue weighted by molar-refractivity contribution is 4.45. The Kier molecular flexibility index (Phi) is 4.04. The van der Waals surface area contributed by atoms with Gasteiger partial charge in [-0.1, -0.05) is 13.8 Å². The molecule has 7 heavy (non-hydrogen) atoms. The molecule has 2 heteroatoms. The van der Waals surface area contributed by atoms with Gasteiger partial charge in [-0.3, -0.25) is 0 Å². The summed E-state index contributed by atoms with van der Waals surface area (Å²) in [4.78, 5) is 0. The second-order valence-corrected chi connectivity index (χ2v) is 2.05. The van der Waals surface area contributed by atoms with Crippen LogP contribution < -0.4 is 11.1 Å². The van der Waals surface area contributed by atoms with E-state index in [9.17, 15) is 0 Å². The number of nitrogens with two attached hydrogens (primary N) is 1. The minimum Gasteiger partial charge on any atom is -0.318 e. The predicted molar refractivity (Wildman–Crippen MR) is 31.9 cm³/mol. The van der Waals surface area contributed by atoms with Crippen LogP contribution in [0.3, 0.4) is 0 Å². The van der Waals surface area contributed by atoms with Crippen molar-refractivity contribution in [1.82, 2.24) is 5.32 Å². The number of rotatable bonds is 3. The molecule has 0 atom stereocenters. The summed E-state index contributed by atoms with van der Waals surface area (Å²) in [6.07, 6.45) is 0. The highest BCUT2D eigenvalue weighted by atomic mass is 14.9. The van der Waals surface area contributed by atoms with Crippen molar-refractivity contribution in [3.05, 3.63) is 0 Å². The lowest BCUT2D eigenvalue weighted by atomic mass is 10.2. The van der Waals surface area contributed by atoms with Crippen LogP contribution in [0.2, 0.25) is 0 Å². The molecule has 0 saturated heterocycles. The van der Waals surface area contributed by atoms with Gasteiger partial charge in [0.2, 0.25) is 0 Å². The molecule has 0 saturated carbocycles. The van der Waals surface area contributed by atoms with E-state index in [-0.39, 0.29) is 0 Å². The Balaban J connectivity index is 2.68. The molecule has 0 rings (SSSR count). The molecular formula is C5H14N2. The minimum absolute atomic E-state index is 0.595. The van der Waals surface area contributed by atoms with E-state index in [0.29, 0.717) is 12.6 Å². The smallest absolute Gasteiger partial charge is 0.0428 e. The fraction of sp³-hybridized carbons (Fsp3) is 1.00. The summed E-state index contributed by atoms with van der Waals surface area (Å²) in [5.74, 6) is 0.712. The van der Waals surface area contributed by atoms with Crippen LogP contribution in [0.1, 0.15) is 13.8 Å². The molecule has 0 aromatic heterocycles. The normalized spacial score (nSPS) is 10.3. The Morgan fingerprint density at radius 2 is 2.14 bits per heavy atom. The molecule has 0 aliphatic heterocycles. The van der Waals surface area contributed by atoms with Gasteiger partial charge in [-0.05, 0) is 12.5 Å². The molecule has 3 N–H and O–H groups in total. The highest BCUT2D eigenvalue weighted by Gasteiger charge is 1.87. The molecule has 0 aliphatic rings. The van der Waals surface area contributed by atoms with E-state index >= 15 is 0 Å². The van der Waals surface area contributed by atoms with Gasteiger partial charge in [0.1, 0.15) is 0 Å². The van der Waals surface area contributed by atoms with Crippen molar-refractivity contribution in [1.29, 1.82) is 0 Å². The summed E-state index contributed by atoms with van der Waals surface area (Å²) < 4.78 is 0. The van der Waals surface area contributed by atoms with E-state index in [1.807, 2.05) is 0 Å². The Labute approximate surface area is 45.1 Å². The second kappa shape index (κ2) is 4.09. The van der Waals surface area contributed by atoms with Crippen molar-refractivity contribution in [3.8, 4) is 0 Å². The molecule has 0 aromatic carbocycles. The fourth-order valence-electron chi connectivity index (χ4n) is 0.372. The topological polar surface area (TPSA) is 38.0 Å². The lowest BCUT2D eigenvalue weighted by molar-refractivity contribution is 0.560. The first-order chi connectivity index (χ1) is 3.27. The molecular weight excluding hydrogens is 88.1 g/mol. The SMILES string of the molecule is CC(C)CNCN. The molecule has 2 nitrogen and oxygen atoms in total. The lowest BCUT2D eigenvalue weighted by Crippen LogP contribution is -2.25. The third-order valence-electron chi connectivity index (χ3n) is 0.697. The van der Waals surface area contributed by atoms with Crippen LogP contribution in [0.4, 0.5) is 0 Å². The summed E-state index contributed by atoms with van der Waals surface area (Å²) >= 11 is 0. The zero-order valence-corrected chi connectivity index (χ0v) is 5.07. The number of hydrogen-bond donors (Lipinski definition) is 2. The van der Waals surface area contributed by atoms with E-state index in [2.05, 4.69) is 19.2 Å². The Morgan fingerprint density at radius 3 is 2.29 bits per heavy atom. The summed E-state index contributed by atoms with van der Waals surface area (Å²) in [6, 6.07) is 0. The molecule has 0 amide bonds. The standard InChI is InChI=1S/C5H14N2/c1-5(2)3-7-4-6/h5,7H,3-4,6H2,1-2H3. The van der Waals surface area contributed by atoms with E-state index in [4.69, 9.17) is 5.73 Å². The maximum Gasteiger partial charge on any atom is 0.0428 e. The molecule has 0 aliphatic carbocycles. The molecule has 0 bridgehead atoms. The zero-order valence-electron chi connectivity index (χ0n) is 5.07. The van der Waals surface area contributed by atoms with Crippen LogP contribution in [-0.2, 0) is 0 Å². The van der Waals surface area contributed by atoms with Crippen molar-refractivity contribution in [2.45, 2.75) is 13.8 Å². The summed E-state index contributed by atoms with van der Waals surface area (Å²) in [7, 11) is 0. The van der Waals surface area contributed by atoms with Gasteiger partial charge in [0.15, 0.2) is 0 Å². The molecule has 0 spiro atoms. The second-order valence-electron chi connectivity index (χ2n) is 2.05. The largest absolute Gasteiger partial charge is 0.318 e. The predicted octanol–water partition coefficient (Wildman–Crippen LogP) is 0.148. The number of nitrogens with one attached hydrogen (secondary N) is 1. The summed E-state index contributed by atoms with van der Waals surface area (Å²) in [5.41, 5.74) is 5.17. The fourth-order valence-corrected chi connectivity index (χ4v) is 0.372. The van der Waals surface area contributed by atoms with Crippen molar-refractivity contribution >= 4 is 0 Å². The molecule has 0 heterocycles. The van der Waals surface area contributed by atoms with Gasteiger partial charge in [0.05, 0.1) is 0 Å². The Morgan fingerprint density at radius 1 is 1.57 bits per heavy atom. The average molecular weight is 102 g/mol. The first-order valence-corrected chi connectivity index (χ1v) is 2.68. The monoisotopic (exact) mass is 102 g/mol. The zero-order chi connectivity index (χ0) is 5.70. The highest BCUT2D eigenvalue weighted by Crippen LogP contribution is 1.84. The van der Waals surface area contributed by atoms with Crippen molar-refractivity contribution in [3.63, 3.8) is 0 Å². The molecule has 0 aromatic rings. The first kappa shape index (κ1) is 6.92. The van der Waals surface area contributed by atoms with E-state index in [1.54, 1.807) is 0 Å². The van der Waals surface area contributed by atoms with Gasteiger partial charge in [-0.2, -0.15) is 0 Å². The maximum absolute atomic E-state index is 5.17. The van der Waals surface area contributed by atoms with E-state index in [0.717, 1.165) is 6.54 Å². The Hall–Kier alpha value is -0.0800. The van der Waals surface area contributed by atoms with Gasteiger partial charge in [-0.25, -0.2) is 0 Å².